The summed E-state index contributed by atoms with van der Waals surface area (Å²) in [7, 11) is 0. The zero-order valence-electron chi connectivity index (χ0n) is 9.07. The van der Waals surface area contributed by atoms with Crippen LogP contribution in [0, 0.1) is 0 Å². The molecular formula is C11H16N2O3. The van der Waals surface area contributed by atoms with E-state index < -0.39 is 0 Å². The Hall–Kier alpha value is -1.36. The fourth-order valence-electron chi connectivity index (χ4n) is 1.90. The summed E-state index contributed by atoms with van der Waals surface area (Å²) in [6, 6.07) is -0.257. The number of hydrogen-bond donors (Lipinski definition) is 2. The maximum Gasteiger partial charge on any atom is 0.243 e. The second-order valence-electron chi connectivity index (χ2n) is 4.12. The molecular weight excluding hydrogens is 208 g/mol. The lowest BCUT2D eigenvalue weighted by Gasteiger charge is -2.25. The number of carbonyl (C=O) groups is 2. The van der Waals surface area contributed by atoms with Crippen LogP contribution in [0.15, 0.2) is 12.3 Å². The Labute approximate surface area is 94.2 Å². The molecule has 5 heteroatoms. The largest absolute Gasteiger partial charge is 0.497 e. The van der Waals surface area contributed by atoms with Crippen LogP contribution in [0.4, 0.5) is 0 Å². The van der Waals surface area contributed by atoms with E-state index in [1.807, 2.05) is 6.08 Å². The minimum atomic E-state index is -0.257. The molecule has 0 radical (unpaired) electrons. The first-order chi connectivity index (χ1) is 7.75. The van der Waals surface area contributed by atoms with Gasteiger partial charge in [0.1, 0.15) is 6.10 Å². The fourth-order valence-corrected chi connectivity index (χ4v) is 1.90. The van der Waals surface area contributed by atoms with Crippen molar-refractivity contribution in [2.24, 2.45) is 0 Å². The molecule has 0 aromatic carbocycles. The van der Waals surface area contributed by atoms with E-state index in [4.69, 9.17) is 4.74 Å². The van der Waals surface area contributed by atoms with Gasteiger partial charge in [-0.05, 0) is 25.3 Å². The molecule has 0 spiro atoms. The molecule has 88 valence electrons. The molecule has 0 bridgehead atoms. The SMILES string of the molecule is O=C1CCC(NCC2CCC=CO2)C(=O)N1. The first kappa shape index (κ1) is 11.1. The Bertz CT molecular complexity index is 314. The van der Waals surface area contributed by atoms with Crippen molar-refractivity contribution in [3.05, 3.63) is 12.3 Å². The van der Waals surface area contributed by atoms with E-state index in [2.05, 4.69) is 10.6 Å². The Morgan fingerprint density at radius 1 is 1.44 bits per heavy atom. The number of imide groups is 1. The summed E-state index contributed by atoms with van der Waals surface area (Å²) in [5.41, 5.74) is 0. The Kier molecular flexibility index (Phi) is 3.56. The van der Waals surface area contributed by atoms with Gasteiger partial charge in [-0.15, -0.1) is 0 Å². The maximum absolute atomic E-state index is 11.4. The number of rotatable bonds is 3. The normalized spacial score (nSPS) is 29.8. The van der Waals surface area contributed by atoms with E-state index in [0.29, 0.717) is 19.4 Å². The predicted molar refractivity (Wildman–Crippen MR) is 57.4 cm³/mol. The number of amides is 2. The van der Waals surface area contributed by atoms with E-state index >= 15 is 0 Å². The topological polar surface area (TPSA) is 67.4 Å². The van der Waals surface area contributed by atoms with Gasteiger partial charge in [0, 0.05) is 13.0 Å². The van der Waals surface area contributed by atoms with Gasteiger partial charge in [-0.2, -0.15) is 0 Å². The van der Waals surface area contributed by atoms with E-state index in [1.165, 1.54) is 0 Å². The van der Waals surface area contributed by atoms with Crippen LogP contribution in [0.5, 0.6) is 0 Å². The smallest absolute Gasteiger partial charge is 0.243 e. The number of hydrogen-bond acceptors (Lipinski definition) is 4. The molecule has 0 saturated carbocycles. The zero-order valence-corrected chi connectivity index (χ0v) is 9.07. The third-order valence-corrected chi connectivity index (χ3v) is 2.85. The summed E-state index contributed by atoms with van der Waals surface area (Å²) in [5.74, 6) is -0.400. The second kappa shape index (κ2) is 5.12. The molecule has 2 aliphatic heterocycles. The van der Waals surface area contributed by atoms with Gasteiger partial charge >= 0.3 is 0 Å². The Morgan fingerprint density at radius 2 is 2.31 bits per heavy atom. The second-order valence-corrected chi connectivity index (χ2v) is 4.12. The standard InChI is InChI=1S/C11H16N2O3/c14-10-5-4-9(11(15)13-10)12-7-8-3-1-2-6-16-8/h2,6,8-9,12H,1,3-5,7H2,(H,13,14,15). The van der Waals surface area contributed by atoms with Crippen LogP contribution in [-0.4, -0.2) is 30.5 Å². The average Bonchev–Trinajstić information content (AvgIpc) is 2.29. The first-order valence-electron chi connectivity index (χ1n) is 5.63. The monoisotopic (exact) mass is 224 g/mol. The van der Waals surface area contributed by atoms with Crippen molar-refractivity contribution in [1.82, 2.24) is 10.6 Å². The molecule has 2 aliphatic rings. The van der Waals surface area contributed by atoms with Crippen molar-refractivity contribution in [1.29, 1.82) is 0 Å². The lowest BCUT2D eigenvalue weighted by atomic mass is 10.1. The summed E-state index contributed by atoms with van der Waals surface area (Å²) in [6.07, 6.45) is 6.80. The highest BCUT2D eigenvalue weighted by Gasteiger charge is 2.26. The number of allylic oxidation sites excluding steroid dienone is 1. The lowest BCUT2D eigenvalue weighted by molar-refractivity contribution is -0.134. The molecule has 2 N–H and O–H groups in total. The summed E-state index contributed by atoms with van der Waals surface area (Å²) in [6.45, 7) is 0.649. The molecule has 0 aromatic heterocycles. The summed E-state index contributed by atoms with van der Waals surface area (Å²) in [5, 5.41) is 5.46. The third-order valence-electron chi connectivity index (χ3n) is 2.85. The summed E-state index contributed by atoms with van der Waals surface area (Å²) >= 11 is 0. The number of piperidine rings is 1. The third kappa shape index (κ3) is 2.82. The maximum atomic E-state index is 11.4. The predicted octanol–water partition coefficient (Wildman–Crippen LogP) is 0.0739. The van der Waals surface area contributed by atoms with Crippen LogP contribution in [0.2, 0.25) is 0 Å². The van der Waals surface area contributed by atoms with Crippen LogP contribution < -0.4 is 10.6 Å². The van der Waals surface area contributed by atoms with Gasteiger partial charge in [0.2, 0.25) is 11.8 Å². The molecule has 1 saturated heterocycles. The number of nitrogens with one attached hydrogen (secondary N) is 2. The number of ether oxygens (including phenoxy) is 1. The molecule has 0 aliphatic carbocycles. The van der Waals surface area contributed by atoms with Gasteiger partial charge in [-0.25, -0.2) is 0 Å². The van der Waals surface area contributed by atoms with Crippen molar-refractivity contribution in [3.63, 3.8) is 0 Å². The van der Waals surface area contributed by atoms with Gasteiger partial charge in [0.15, 0.2) is 0 Å². The minimum absolute atomic E-state index is 0.135. The summed E-state index contributed by atoms with van der Waals surface area (Å²) < 4.78 is 5.38. The Morgan fingerprint density at radius 3 is 3.00 bits per heavy atom. The van der Waals surface area contributed by atoms with Gasteiger partial charge in [0.25, 0.3) is 0 Å². The zero-order chi connectivity index (χ0) is 11.4. The fraction of sp³-hybridized carbons (Fsp3) is 0.636. The van der Waals surface area contributed by atoms with Crippen molar-refractivity contribution in [2.75, 3.05) is 6.54 Å². The van der Waals surface area contributed by atoms with Crippen molar-refractivity contribution in [2.45, 2.75) is 37.8 Å². The molecule has 0 aromatic rings. The van der Waals surface area contributed by atoms with E-state index in [1.54, 1.807) is 6.26 Å². The first-order valence-corrected chi connectivity index (χ1v) is 5.63. The summed E-state index contributed by atoms with van der Waals surface area (Å²) in [4.78, 5) is 22.4. The van der Waals surface area contributed by atoms with Gasteiger partial charge in [-0.3, -0.25) is 14.9 Å². The van der Waals surface area contributed by atoms with E-state index in [9.17, 15) is 9.59 Å². The molecule has 1 fully saturated rings. The quantitative estimate of drug-likeness (QED) is 0.666. The van der Waals surface area contributed by atoms with Gasteiger partial charge < -0.3 is 10.1 Å². The van der Waals surface area contributed by atoms with Crippen molar-refractivity contribution < 1.29 is 14.3 Å². The minimum Gasteiger partial charge on any atom is -0.497 e. The van der Waals surface area contributed by atoms with E-state index in [0.717, 1.165) is 12.8 Å². The van der Waals surface area contributed by atoms with Crippen LogP contribution in [0.1, 0.15) is 25.7 Å². The van der Waals surface area contributed by atoms with Crippen molar-refractivity contribution >= 4 is 11.8 Å². The lowest BCUT2D eigenvalue weighted by Crippen LogP contribution is -2.52. The molecule has 16 heavy (non-hydrogen) atoms. The number of carbonyl (C=O) groups excluding carboxylic acids is 2. The molecule has 2 heterocycles. The molecule has 2 rings (SSSR count). The molecule has 2 atom stereocenters. The molecule has 5 nitrogen and oxygen atoms in total. The van der Waals surface area contributed by atoms with Gasteiger partial charge in [0.05, 0.1) is 12.3 Å². The van der Waals surface area contributed by atoms with E-state index in [-0.39, 0.29) is 24.0 Å². The molecule has 2 amide bonds. The highest BCUT2D eigenvalue weighted by atomic mass is 16.5. The van der Waals surface area contributed by atoms with Crippen LogP contribution >= 0.6 is 0 Å². The highest BCUT2D eigenvalue weighted by molar-refractivity contribution is 6.00. The highest BCUT2D eigenvalue weighted by Crippen LogP contribution is 2.10. The Balaban J connectivity index is 1.75. The van der Waals surface area contributed by atoms with Gasteiger partial charge in [-0.1, -0.05) is 0 Å². The van der Waals surface area contributed by atoms with Crippen LogP contribution in [-0.2, 0) is 14.3 Å². The van der Waals surface area contributed by atoms with Crippen molar-refractivity contribution in [3.8, 4) is 0 Å². The van der Waals surface area contributed by atoms with Crippen LogP contribution in [0.25, 0.3) is 0 Å². The van der Waals surface area contributed by atoms with Crippen LogP contribution in [0.3, 0.4) is 0 Å². The average molecular weight is 224 g/mol. The molecule has 2 unspecified atom stereocenters.